The Balaban J connectivity index is 1.81. The second-order valence-corrected chi connectivity index (χ2v) is 5.92. The molecule has 1 saturated heterocycles. The second-order valence-electron chi connectivity index (χ2n) is 5.92. The van der Waals surface area contributed by atoms with E-state index in [0.717, 1.165) is 25.1 Å². The Bertz CT molecular complexity index is 646. The summed E-state index contributed by atoms with van der Waals surface area (Å²) in [6, 6.07) is 14.9. The first-order valence-corrected chi connectivity index (χ1v) is 7.63. The van der Waals surface area contributed by atoms with Crippen molar-refractivity contribution in [3.05, 3.63) is 48.0 Å². The van der Waals surface area contributed by atoms with Crippen molar-refractivity contribution in [2.24, 2.45) is 0 Å². The molecule has 21 heavy (non-hydrogen) atoms. The van der Waals surface area contributed by atoms with Gasteiger partial charge in [0.05, 0.1) is 5.92 Å². The molecule has 3 heteroatoms. The topological polar surface area (TPSA) is 32.3 Å². The molecule has 1 aliphatic heterocycles. The van der Waals surface area contributed by atoms with Gasteiger partial charge < -0.3 is 10.2 Å². The Morgan fingerprint density at radius 2 is 2.00 bits per heavy atom. The highest BCUT2D eigenvalue weighted by Crippen LogP contribution is 2.24. The lowest BCUT2D eigenvalue weighted by molar-refractivity contribution is -0.132. The van der Waals surface area contributed by atoms with E-state index in [1.54, 1.807) is 0 Å². The molecule has 2 atom stereocenters. The number of hydrogen-bond donors (Lipinski definition) is 1. The third-order valence-corrected chi connectivity index (χ3v) is 4.57. The summed E-state index contributed by atoms with van der Waals surface area (Å²) in [5.74, 6) is 0.110. The van der Waals surface area contributed by atoms with Crippen molar-refractivity contribution in [3.63, 3.8) is 0 Å². The molecule has 110 valence electrons. The van der Waals surface area contributed by atoms with Crippen molar-refractivity contribution in [3.8, 4) is 0 Å². The normalized spacial score (nSPS) is 19.6. The van der Waals surface area contributed by atoms with Crippen LogP contribution in [0.4, 0.5) is 0 Å². The van der Waals surface area contributed by atoms with E-state index in [9.17, 15) is 4.79 Å². The molecule has 1 aliphatic rings. The number of carbonyl (C=O) groups excluding carboxylic acids is 1. The minimum absolute atomic E-state index is 0.0970. The van der Waals surface area contributed by atoms with Crippen LogP contribution in [0.1, 0.15) is 24.8 Å². The molecule has 0 aliphatic carbocycles. The van der Waals surface area contributed by atoms with Gasteiger partial charge in [-0.25, -0.2) is 0 Å². The van der Waals surface area contributed by atoms with E-state index in [1.165, 1.54) is 10.8 Å². The summed E-state index contributed by atoms with van der Waals surface area (Å²) in [4.78, 5) is 14.6. The van der Waals surface area contributed by atoms with Gasteiger partial charge in [0.2, 0.25) is 5.91 Å². The zero-order valence-electron chi connectivity index (χ0n) is 12.7. The molecule has 2 unspecified atom stereocenters. The third-order valence-electron chi connectivity index (χ3n) is 4.57. The summed E-state index contributed by atoms with van der Waals surface area (Å²) in [6.45, 7) is 3.92. The number of nitrogens with zero attached hydrogens (tertiary/aromatic N) is 1. The Morgan fingerprint density at radius 1 is 1.24 bits per heavy atom. The molecular weight excluding hydrogens is 260 g/mol. The van der Waals surface area contributed by atoms with Crippen molar-refractivity contribution in [1.82, 2.24) is 10.2 Å². The number of fused-ring (bicyclic) bond motifs is 1. The van der Waals surface area contributed by atoms with Crippen LogP contribution in [0.15, 0.2) is 42.5 Å². The first-order valence-electron chi connectivity index (χ1n) is 7.63. The van der Waals surface area contributed by atoms with E-state index in [2.05, 4.69) is 35.6 Å². The van der Waals surface area contributed by atoms with Gasteiger partial charge in [-0.15, -0.1) is 0 Å². The molecule has 0 spiro atoms. The van der Waals surface area contributed by atoms with Crippen molar-refractivity contribution >= 4 is 16.7 Å². The van der Waals surface area contributed by atoms with Gasteiger partial charge in [-0.1, -0.05) is 42.5 Å². The lowest BCUT2D eigenvalue weighted by Crippen LogP contribution is -2.40. The molecule has 0 radical (unpaired) electrons. The van der Waals surface area contributed by atoms with Gasteiger partial charge in [0.1, 0.15) is 0 Å². The molecule has 2 aromatic rings. The number of likely N-dealkylation sites (N-methyl/N-ethyl adjacent to an activating group) is 1. The monoisotopic (exact) mass is 282 g/mol. The van der Waals surface area contributed by atoms with Gasteiger partial charge in [0.15, 0.2) is 0 Å². The first kappa shape index (κ1) is 14.1. The van der Waals surface area contributed by atoms with E-state index >= 15 is 0 Å². The lowest BCUT2D eigenvalue weighted by Gasteiger charge is -2.27. The fourth-order valence-corrected chi connectivity index (χ4v) is 3.08. The smallest absolute Gasteiger partial charge is 0.229 e. The minimum Gasteiger partial charge on any atom is -0.341 e. The maximum atomic E-state index is 12.7. The zero-order valence-corrected chi connectivity index (χ0v) is 12.7. The van der Waals surface area contributed by atoms with Gasteiger partial charge >= 0.3 is 0 Å². The predicted molar refractivity (Wildman–Crippen MR) is 86.4 cm³/mol. The summed E-state index contributed by atoms with van der Waals surface area (Å²) in [5, 5.41) is 5.73. The fourth-order valence-electron chi connectivity index (χ4n) is 3.08. The highest BCUT2D eigenvalue weighted by molar-refractivity contribution is 5.87. The second kappa shape index (κ2) is 5.86. The van der Waals surface area contributed by atoms with E-state index in [1.807, 2.05) is 31.0 Å². The standard InChI is InChI=1S/C18H22N2O/c1-13(18(21)20(2)17-9-10-19-12-17)15-8-7-14-5-3-4-6-16(14)11-15/h3-8,11,13,17,19H,9-10,12H2,1-2H3. The minimum atomic E-state index is -0.0970. The number of carbonyl (C=O) groups is 1. The molecule has 3 nitrogen and oxygen atoms in total. The van der Waals surface area contributed by atoms with Crippen LogP contribution >= 0.6 is 0 Å². The number of rotatable bonds is 3. The largest absolute Gasteiger partial charge is 0.341 e. The quantitative estimate of drug-likeness (QED) is 0.939. The summed E-state index contributed by atoms with van der Waals surface area (Å²) in [6.07, 6.45) is 1.05. The van der Waals surface area contributed by atoms with Crippen molar-refractivity contribution in [2.45, 2.75) is 25.3 Å². The molecular formula is C18H22N2O. The average Bonchev–Trinajstić information content (AvgIpc) is 3.06. The molecule has 1 heterocycles. The van der Waals surface area contributed by atoms with E-state index < -0.39 is 0 Å². The Kier molecular flexibility index (Phi) is 3.93. The molecule has 1 amide bonds. The van der Waals surface area contributed by atoms with Crippen LogP contribution in [0.2, 0.25) is 0 Å². The van der Waals surface area contributed by atoms with Crippen molar-refractivity contribution < 1.29 is 4.79 Å². The van der Waals surface area contributed by atoms with Gasteiger partial charge in [-0.05, 0) is 36.2 Å². The maximum absolute atomic E-state index is 12.7. The number of hydrogen-bond acceptors (Lipinski definition) is 2. The summed E-state index contributed by atoms with van der Waals surface area (Å²) >= 11 is 0. The number of nitrogens with one attached hydrogen (secondary N) is 1. The van der Waals surface area contributed by atoms with Crippen LogP contribution in [0.25, 0.3) is 10.8 Å². The highest BCUT2D eigenvalue weighted by Gasteiger charge is 2.27. The van der Waals surface area contributed by atoms with Crippen LogP contribution < -0.4 is 5.32 Å². The van der Waals surface area contributed by atoms with Crippen LogP contribution in [0, 0.1) is 0 Å². The Morgan fingerprint density at radius 3 is 2.71 bits per heavy atom. The molecule has 0 saturated carbocycles. The molecule has 0 bridgehead atoms. The summed E-state index contributed by atoms with van der Waals surface area (Å²) in [7, 11) is 1.93. The SMILES string of the molecule is CC(C(=O)N(C)C1CCNC1)c1ccc2ccccc2c1. The number of benzene rings is 2. The first-order chi connectivity index (χ1) is 10.2. The van der Waals surface area contributed by atoms with Crippen LogP contribution in [-0.4, -0.2) is 37.0 Å². The van der Waals surface area contributed by atoms with Gasteiger partial charge in [-0.3, -0.25) is 4.79 Å². The average molecular weight is 282 g/mol. The summed E-state index contributed by atoms with van der Waals surface area (Å²) < 4.78 is 0. The maximum Gasteiger partial charge on any atom is 0.229 e. The molecule has 3 rings (SSSR count). The predicted octanol–water partition coefficient (Wildman–Crippen LogP) is 2.76. The van der Waals surface area contributed by atoms with Crippen LogP contribution in [-0.2, 0) is 4.79 Å². The molecule has 0 aromatic heterocycles. The van der Waals surface area contributed by atoms with E-state index in [0.29, 0.717) is 6.04 Å². The number of amides is 1. The van der Waals surface area contributed by atoms with Crippen LogP contribution in [0.3, 0.4) is 0 Å². The van der Waals surface area contributed by atoms with Gasteiger partial charge in [0.25, 0.3) is 0 Å². The van der Waals surface area contributed by atoms with E-state index in [-0.39, 0.29) is 11.8 Å². The summed E-state index contributed by atoms with van der Waals surface area (Å²) in [5.41, 5.74) is 1.09. The third kappa shape index (κ3) is 2.79. The van der Waals surface area contributed by atoms with Gasteiger partial charge in [-0.2, -0.15) is 0 Å². The van der Waals surface area contributed by atoms with E-state index in [4.69, 9.17) is 0 Å². The molecule has 1 fully saturated rings. The fraction of sp³-hybridized carbons (Fsp3) is 0.389. The molecule has 2 aromatic carbocycles. The highest BCUT2D eigenvalue weighted by atomic mass is 16.2. The Hall–Kier alpha value is -1.87. The van der Waals surface area contributed by atoms with Crippen LogP contribution in [0.5, 0.6) is 0 Å². The van der Waals surface area contributed by atoms with Gasteiger partial charge in [0, 0.05) is 19.6 Å². The zero-order chi connectivity index (χ0) is 14.8. The lowest BCUT2D eigenvalue weighted by atomic mass is 9.96. The Labute approximate surface area is 125 Å². The molecule has 1 N–H and O–H groups in total. The van der Waals surface area contributed by atoms with Crippen molar-refractivity contribution in [1.29, 1.82) is 0 Å². The van der Waals surface area contributed by atoms with Crippen molar-refractivity contribution in [2.75, 3.05) is 20.1 Å².